The minimum atomic E-state index is -1.05. The number of hydrogen-bond acceptors (Lipinski definition) is 5. The van der Waals surface area contributed by atoms with Crippen molar-refractivity contribution in [2.75, 3.05) is 24.1 Å². The number of hydrogen-bond donors (Lipinski definition) is 4. The predicted molar refractivity (Wildman–Crippen MR) is 91.1 cm³/mol. The smallest absolute Gasteiger partial charge is 0.465 e. The van der Waals surface area contributed by atoms with Crippen molar-refractivity contribution in [3.63, 3.8) is 0 Å². The Bertz CT molecular complexity index is 576. The van der Waals surface area contributed by atoms with Crippen LogP contribution in [0.3, 0.4) is 0 Å². The van der Waals surface area contributed by atoms with Gasteiger partial charge in [0.2, 0.25) is 0 Å². The highest BCUT2D eigenvalue weighted by molar-refractivity contribution is 6.62. The Morgan fingerprint density at radius 1 is 1.22 bits per heavy atom. The number of rotatable bonds is 5. The molecular weight excluding hydrogens is 297 g/mol. The van der Waals surface area contributed by atoms with Gasteiger partial charge in [-0.1, -0.05) is 6.07 Å². The summed E-state index contributed by atoms with van der Waals surface area (Å²) in [4.78, 5) is 10.4. The zero-order valence-corrected chi connectivity index (χ0v) is 14.0. The van der Waals surface area contributed by atoms with Crippen LogP contribution in [0.25, 0.3) is 0 Å². The molecule has 8 heteroatoms. The predicted octanol–water partition coefficient (Wildman–Crippen LogP) is 1.25. The number of carboxylic acid groups (broad SMARTS) is 1. The van der Waals surface area contributed by atoms with Crippen molar-refractivity contribution < 1.29 is 19.2 Å². The van der Waals surface area contributed by atoms with E-state index in [1.54, 1.807) is 6.07 Å². The highest BCUT2D eigenvalue weighted by Crippen LogP contribution is 2.36. The zero-order chi connectivity index (χ0) is 17.3. The molecule has 126 valence electrons. The average molecular weight is 321 g/mol. The summed E-state index contributed by atoms with van der Waals surface area (Å²) in [5.74, 6) is 0. The summed E-state index contributed by atoms with van der Waals surface area (Å²) in [6, 6.07) is 5.53. The third-order valence-electron chi connectivity index (χ3n) is 4.32. The van der Waals surface area contributed by atoms with E-state index in [1.807, 2.05) is 39.8 Å². The van der Waals surface area contributed by atoms with E-state index < -0.39 is 24.4 Å². The lowest BCUT2D eigenvalue weighted by atomic mass is 9.79. The number of nitrogens with two attached hydrogens (primary N) is 1. The number of carbonyl (C=O) groups is 1. The molecule has 7 nitrogen and oxygen atoms in total. The van der Waals surface area contributed by atoms with Gasteiger partial charge in [-0.15, -0.1) is 0 Å². The van der Waals surface area contributed by atoms with Gasteiger partial charge >= 0.3 is 13.2 Å². The SMILES string of the molecule is CC1(C)OB(c2ccc(N)c(NCCNC(=O)O)c2)OC1(C)C. The fourth-order valence-electron chi connectivity index (χ4n) is 2.22. The monoisotopic (exact) mass is 321 g/mol. The van der Waals surface area contributed by atoms with Crippen molar-refractivity contribution in [3.05, 3.63) is 18.2 Å². The molecule has 1 saturated heterocycles. The van der Waals surface area contributed by atoms with Gasteiger partial charge in [0.1, 0.15) is 0 Å². The average Bonchev–Trinajstić information content (AvgIpc) is 2.65. The summed E-state index contributed by atoms with van der Waals surface area (Å²) in [6.07, 6.45) is -1.05. The topological polar surface area (TPSA) is 106 Å². The maximum Gasteiger partial charge on any atom is 0.494 e. The van der Waals surface area contributed by atoms with E-state index in [2.05, 4.69) is 10.6 Å². The van der Waals surface area contributed by atoms with E-state index in [1.165, 1.54) is 0 Å². The van der Waals surface area contributed by atoms with Crippen LogP contribution in [0.15, 0.2) is 18.2 Å². The van der Waals surface area contributed by atoms with Crippen LogP contribution in [-0.2, 0) is 9.31 Å². The first-order valence-corrected chi connectivity index (χ1v) is 7.58. The Labute approximate surface area is 136 Å². The lowest BCUT2D eigenvalue weighted by Crippen LogP contribution is -2.41. The van der Waals surface area contributed by atoms with Gasteiger partial charge in [-0.2, -0.15) is 0 Å². The summed E-state index contributed by atoms with van der Waals surface area (Å²) >= 11 is 0. The van der Waals surface area contributed by atoms with Crippen LogP contribution in [-0.4, -0.2) is 42.6 Å². The number of nitrogen functional groups attached to an aromatic ring is 1. The molecular formula is C15H24BN3O4. The molecule has 0 bridgehead atoms. The van der Waals surface area contributed by atoms with Crippen molar-refractivity contribution >= 4 is 30.0 Å². The molecule has 1 fully saturated rings. The summed E-state index contributed by atoms with van der Waals surface area (Å²) in [5.41, 5.74) is 7.32. The van der Waals surface area contributed by atoms with Crippen LogP contribution in [0.4, 0.5) is 16.2 Å². The molecule has 5 N–H and O–H groups in total. The van der Waals surface area contributed by atoms with Crippen LogP contribution in [0.2, 0.25) is 0 Å². The molecule has 0 saturated carbocycles. The van der Waals surface area contributed by atoms with Gasteiger partial charge in [-0.05, 0) is 45.3 Å². The largest absolute Gasteiger partial charge is 0.494 e. The molecule has 1 aliphatic heterocycles. The fourth-order valence-corrected chi connectivity index (χ4v) is 2.22. The molecule has 0 radical (unpaired) electrons. The van der Waals surface area contributed by atoms with E-state index in [0.717, 1.165) is 11.2 Å². The van der Waals surface area contributed by atoms with Crippen LogP contribution < -0.4 is 21.8 Å². The fraction of sp³-hybridized carbons (Fsp3) is 0.533. The Morgan fingerprint density at radius 2 is 1.83 bits per heavy atom. The third kappa shape index (κ3) is 3.89. The van der Waals surface area contributed by atoms with Crippen molar-refractivity contribution in [2.24, 2.45) is 0 Å². The Hall–Kier alpha value is -1.93. The van der Waals surface area contributed by atoms with E-state index in [-0.39, 0.29) is 6.54 Å². The van der Waals surface area contributed by atoms with Crippen LogP contribution >= 0.6 is 0 Å². The van der Waals surface area contributed by atoms with Gasteiger partial charge in [0.15, 0.2) is 0 Å². The molecule has 1 aromatic rings. The molecule has 0 unspecified atom stereocenters. The Morgan fingerprint density at radius 3 is 2.39 bits per heavy atom. The quantitative estimate of drug-likeness (QED) is 0.369. The number of benzene rings is 1. The third-order valence-corrected chi connectivity index (χ3v) is 4.32. The number of anilines is 2. The van der Waals surface area contributed by atoms with E-state index in [0.29, 0.717) is 12.2 Å². The lowest BCUT2D eigenvalue weighted by Gasteiger charge is -2.32. The molecule has 0 aliphatic carbocycles. The standard InChI is InChI=1S/C15H24BN3O4/c1-14(2)15(3,4)23-16(22-14)10-5-6-11(17)12(9-10)18-7-8-19-13(20)21/h5-6,9,18-19H,7-8,17H2,1-4H3,(H,20,21). The second-order valence-electron chi connectivity index (χ2n) is 6.59. The van der Waals surface area contributed by atoms with Crippen LogP contribution in [0.5, 0.6) is 0 Å². The second-order valence-corrected chi connectivity index (χ2v) is 6.59. The normalized spacial score (nSPS) is 18.7. The van der Waals surface area contributed by atoms with E-state index in [4.69, 9.17) is 20.1 Å². The van der Waals surface area contributed by atoms with Gasteiger partial charge in [-0.25, -0.2) is 4.79 Å². The Kier molecular flexibility index (Phi) is 4.77. The van der Waals surface area contributed by atoms with E-state index >= 15 is 0 Å². The van der Waals surface area contributed by atoms with Gasteiger partial charge < -0.3 is 30.8 Å². The molecule has 0 spiro atoms. The molecule has 0 atom stereocenters. The molecule has 23 heavy (non-hydrogen) atoms. The molecule has 2 rings (SSSR count). The van der Waals surface area contributed by atoms with Crippen LogP contribution in [0.1, 0.15) is 27.7 Å². The molecule has 1 heterocycles. The minimum absolute atomic E-state index is 0.287. The zero-order valence-electron chi connectivity index (χ0n) is 14.0. The first-order valence-electron chi connectivity index (χ1n) is 7.58. The van der Waals surface area contributed by atoms with Crippen molar-refractivity contribution in [1.29, 1.82) is 0 Å². The van der Waals surface area contributed by atoms with Crippen LogP contribution in [0, 0.1) is 0 Å². The van der Waals surface area contributed by atoms with Crippen molar-refractivity contribution in [2.45, 2.75) is 38.9 Å². The first kappa shape index (κ1) is 17.4. The lowest BCUT2D eigenvalue weighted by molar-refractivity contribution is 0.00578. The summed E-state index contributed by atoms with van der Waals surface area (Å²) in [5, 5.41) is 14.0. The summed E-state index contributed by atoms with van der Waals surface area (Å²) < 4.78 is 12.0. The van der Waals surface area contributed by atoms with Crippen molar-refractivity contribution in [3.8, 4) is 0 Å². The van der Waals surface area contributed by atoms with Gasteiger partial charge in [0, 0.05) is 13.1 Å². The van der Waals surface area contributed by atoms with Gasteiger partial charge in [-0.3, -0.25) is 0 Å². The van der Waals surface area contributed by atoms with Gasteiger partial charge in [0.05, 0.1) is 22.6 Å². The molecule has 1 aliphatic rings. The summed E-state index contributed by atoms with van der Waals surface area (Å²) in [7, 11) is -0.460. The molecule has 1 amide bonds. The minimum Gasteiger partial charge on any atom is -0.465 e. The van der Waals surface area contributed by atoms with Crippen molar-refractivity contribution in [1.82, 2.24) is 5.32 Å². The molecule has 0 aromatic heterocycles. The number of nitrogens with one attached hydrogen (secondary N) is 2. The van der Waals surface area contributed by atoms with Gasteiger partial charge in [0.25, 0.3) is 0 Å². The maximum absolute atomic E-state index is 10.4. The molecule has 1 aromatic carbocycles. The highest BCUT2D eigenvalue weighted by Gasteiger charge is 2.51. The Balaban J connectivity index is 2.07. The second kappa shape index (κ2) is 6.29. The maximum atomic E-state index is 10.4. The highest BCUT2D eigenvalue weighted by atomic mass is 16.7. The first-order chi connectivity index (χ1) is 10.6. The van der Waals surface area contributed by atoms with E-state index in [9.17, 15) is 4.79 Å². The number of amides is 1. The summed E-state index contributed by atoms with van der Waals surface area (Å²) in [6.45, 7) is 8.73.